The lowest BCUT2D eigenvalue weighted by molar-refractivity contribution is -0.385. The number of rotatable bonds is 4. The predicted octanol–water partition coefficient (Wildman–Crippen LogP) is 5.33. The standard InChI is InChI=1S/C19H18ClF3N2O3/c1-11-7-12(3-4-14(11)20)13-5-6-24(10-19(13,22)23)16-9-18(28-2)17(25(26)27)8-15(16)21/h3-4,7-9,13H,5-6,10H2,1-2H3. The molecule has 1 fully saturated rings. The molecule has 0 radical (unpaired) electrons. The van der Waals surface area contributed by atoms with E-state index in [-0.39, 0.29) is 24.4 Å². The van der Waals surface area contributed by atoms with Crippen molar-refractivity contribution >= 4 is 23.0 Å². The molecule has 0 N–H and O–H groups in total. The molecule has 1 unspecified atom stereocenters. The number of piperidine rings is 1. The lowest BCUT2D eigenvalue weighted by atomic mass is 9.85. The minimum absolute atomic E-state index is 0.0901. The monoisotopic (exact) mass is 414 g/mol. The number of hydrogen-bond donors (Lipinski definition) is 0. The molecule has 28 heavy (non-hydrogen) atoms. The predicted molar refractivity (Wildman–Crippen MR) is 100 cm³/mol. The van der Waals surface area contributed by atoms with Gasteiger partial charge in [0.2, 0.25) is 0 Å². The van der Waals surface area contributed by atoms with Crippen molar-refractivity contribution in [3.05, 3.63) is 62.4 Å². The molecule has 0 spiro atoms. The first kappa shape index (κ1) is 20.3. The van der Waals surface area contributed by atoms with E-state index < -0.39 is 34.8 Å². The summed E-state index contributed by atoms with van der Waals surface area (Å²) in [7, 11) is 1.20. The van der Waals surface area contributed by atoms with Gasteiger partial charge in [-0.15, -0.1) is 0 Å². The highest BCUT2D eigenvalue weighted by molar-refractivity contribution is 6.31. The molecule has 0 aliphatic carbocycles. The molecule has 0 amide bonds. The van der Waals surface area contributed by atoms with Crippen LogP contribution in [0.2, 0.25) is 5.02 Å². The van der Waals surface area contributed by atoms with E-state index in [9.17, 15) is 23.3 Å². The lowest BCUT2D eigenvalue weighted by Crippen LogP contribution is -2.47. The molecule has 150 valence electrons. The van der Waals surface area contributed by atoms with Crippen LogP contribution in [0, 0.1) is 22.9 Å². The van der Waals surface area contributed by atoms with Gasteiger partial charge in [0.25, 0.3) is 5.92 Å². The second-order valence-corrected chi connectivity index (χ2v) is 7.17. The Labute approximate surface area is 164 Å². The normalized spacial score (nSPS) is 18.8. The molecule has 9 heteroatoms. The number of anilines is 1. The van der Waals surface area contributed by atoms with Crippen molar-refractivity contribution < 1.29 is 22.8 Å². The second-order valence-electron chi connectivity index (χ2n) is 6.77. The Hall–Kier alpha value is -2.48. The summed E-state index contributed by atoms with van der Waals surface area (Å²) in [5.41, 5.74) is 0.492. The quantitative estimate of drug-likeness (QED) is 0.501. The Morgan fingerprint density at radius 1 is 1.32 bits per heavy atom. The minimum atomic E-state index is -3.13. The SMILES string of the molecule is COc1cc(N2CCC(c3ccc(Cl)c(C)c3)C(F)(F)C2)c(F)cc1[N+](=O)[O-]. The summed E-state index contributed by atoms with van der Waals surface area (Å²) in [6, 6.07) is 6.61. The molecule has 0 saturated carbocycles. The summed E-state index contributed by atoms with van der Waals surface area (Å²) in [5.74, 6) is -5.27. The van der Waals surface area contributed by atoms with Gasteiger partial charge < -0.3 is 9.64 Å². The van der Waals surface area contributed by atoms with Crippen LogP contribution in [0.3, 0.4) is 0 Å². The van der Waals surface area contributed by atoms with Crippen LogP contribution in [0.25, 0.3) is 0 Å². The number of nitrogens with zero attached hydrogens (tertiary/aromatic N) is 2. The number of nitro groups is 1. The Balaban J connectivity index is 1.90. The van der Waals surface area contributed by atoms with Gasteiger partial charge in [0.15, 0.2) is 11.6 Å². The van der Waals surface area contributed by atoms with Crippen LogP contribution < -0.4 is 9.64 Å². The van der Waals surface area contributed by atoms with E-state index in [0.29, 0.717) is 22.2 Å². The zero-order valence-corrected chi connectivity index (χ0v) is 16.0. The number of nitro benzene ring substituents is 1. The molecular formula is C19H18ClF3N2O3. The average molecular weight is 415 g/mol. The number of aryl methyl sites for hydroxylation is 1. The fraction of sp³-hybridized carbons (Fsp3) is 0.368. The van der Waals surface area contributed by atoms with Gasteiger partial charge in [-0.1, -0.05) is 23.7 Å². The van der Waals surface area contributed by atoms with E-state index in [4.69, 9.17) is 16.3 Å². The fourth-order valence-electron chi connectivity index (χ4n) is 3.52. The first-order valence-corrected chi connectivity index (χ1v) is 8.92. The maximum absolute atomic E-state index is 14.9. The summed E-state index contributed by atoms with van der Waals surface area (Å²) < 4.78 is 49.2. The Kier molecular flexibility index (Phi) is 5.43. The number of ether oxygens (including phenoxy) is 1. The molecule has 5 nitrogen and oxygen atoms in total. The van der Waals surface area contributed by atoms with Crippen molar-refractivity contribution in [1.29, 1.82) is 0 Å². The molecule has 1 saturated heterocycles. The van der Waals surface area contributed by atoms with Crippen LogP contribution in [0.15, 0.2) is 30.3 Å². The topological polar surface area (TPSA) is 55.6 Å². The van der Waals surface area contributed by atoms with Crippen LogP contribution in [0.4, 0.5) is 24.5 Å². The molecule has 2 aromatic carbocycles. The highest BCUT2D eigenvalue weighted by Gasteiger charge is 2.46. The van der Waals surface area contributed by atoms with E-state index in [1.54, 1.807) is 25.1 Å². The summed E-state index contributed by atoms with van der Waals surface area (Å²) in [4.78, 5) is 11.4. The summed E-state index contributed by atoms with van der Waals surface area (Å²) in [5, 5.41) is 11.5. The maximum Gasteiger partial charge on any atom is 0.313 e. The first-order valence-electron chi connectivity index (χ1n) is 8.55. The van der Waals surface area contributed by atoms with Crippen LogP contribution in [-0.4, -0.2) is 31.0 Å². The highest BCUT2D eigenvalue weighted by Crippen LogP contribution is 2.44. The van der Waals surface area contributed by atoms with Crippen molar-refractivity contribution in [3.63, 3.8) is 0 Å². The van der Waals surface area contributed by atoms with Gasteiger partial charge in [0.05, 0.1) is 36.2 Å². The minimum Gasteiger partial charge on any atom is -0.490 e. The van der Waals surface area contributed by atoms with Crippen molar-refractivity contribution in [1.82, 2.24) is 0 Å². The molecule has 1 heterocycles. The largest absolute Gasteiger partial charge is 0.490 e. The van der Waals surface area contributed by atoms with Crippen LogP contribution in [0.5, 0.6) is 5.75 Å². The molecule has 2 aromatic rings. The molecule has 1 aliphatic rings. The third-order valence-corrected chi connectivity index (χ3v) is 5.39. The molecule has 1 aliphatic heterocycles. The average Bonchev–Trinajstić information content (AvgIpc) is 2.63. The number of methoxy groups -OCH3 is 1. The van der Waals surface area contributed by atoms with Crippen molar-refractivity contribution in [2.24, 2.45) is 0 Å². The van der Waals surface area contributed by atoms with Crippen molar-refractivity contribution in [3.8, 4) is 5.75 Å². The van der Waals surface area contributed by atoms with E-state index in [1.807, 2.05) is 0 Å². The summed E-state index contributed by atoms with van der Waals surface area (Å²) in [6.45, 7) is 1.20. The number of hydrogen-bond acceptors (Lipinski definition) is 4. The Morgan fingerprint density at radius 2 is 2.04 bits per heavy atom. The number of alkyl halides is 2. The molecule has 1 atom stereocenters. The third-order valence-electron chi connectivity index (χ3n) is 4.97. The number of halogens is 4. The number of benzene rings is 2. The van der Waals surface area contributed by atoms with Gasteiger partial charge in [-0.05, 0) is 30.5 Å². The molecular weight excluding hydrogens is 397 g/mol. The smallest absolute Gasteiger partial charge is 0.313 e. The van der Waals surface area contributed by atoms with Gasteiger partial charge in [-0.25, -0.2) is 13.2 Å². The van der Waals surface area contributed by atoms with Crippen LogP contribution in [-0.2, 0) is 0 Å². The van der Waals surface area contributed by atoms with E-state index in [0.717, 1.165) is 6.07 Å². The van der Waals surface area contributed by atoms with Crippen LogP contribution >= 0.6 is 11.6 Å². The van der Waals surface area contributed by atoms with Gasteiger partial charge in [-0.3, -0.25) is 10.1 Å². The zero-order valence-electron chi connectivity index (χ0n) is 15.2. The lowest BCUT2D eigenvalue weighted by Gasteiger charge is -2.40. The van der Waals surface area contributed by atoms with Crippen LogP contribution in [0.1, 0.15) is 23.5 Å². The second kappa shape index (κ2) is 7.50. The fourth-order valence-corrected chi connectivity index (χ4v) is 3.64. The summed E-state index contributed by atoms with van der Waals surface area (Å²) in [6.07, 6.45) is 0.0901. The van der Waals surface area contributed by atoms with E-state index >= 15 is 0 Å². The Bertz CT molecular complexity index is 924. The maximum atomic E-state index is 14.9. The molecule has 0 bridgehead atoms. The van der Waals surface area contributed by atoms with Gasteiger partial charge in [-0.2, -0.15) is 0 Å². The van der Waals surface area contributed by atoms with Crippen molar-refractivity contribution in [2.75, 3.05) is 25.1 Å². The van der Waals surface area contributed by atoms with Crippen molar-refractivity contribution in [2.45, 2.75) is 25.2 Å². The highest BCUT2D eigenvalue weighted by atomic mass is 35.5. The molecule has 3 rings (SSSR count). The first-order chi connectivity index (χ1) is 13.1. The third kappa shape index (κ3) is 3.73. The zero-order chi connectivity index (χ0) is 20.6. The van der Waals surface area contributed by atoms with Gasteiger partial charge >= 0.3 is 5.69 Å². The van der Waals surface area contributed by atoms with E-state index in [2.05, 4.69) is 0 Å². The summed E-state index contributed by atoms with van der Waals surface area (Å²) >= 11 is 5.98. The van der Waals surface area contributed by atoms with Gasteiger partial charge in [0.1, 0.15) is 0 Å². The molecule has 0 aromatic heterocycles. The Morgan fingerprint density at radius 3 is 2.61 bits per heavy atom. The van der Waals surface area contributed by atoms with E-state index in [1.165, 1.54) is 12.0 Å². The van der Waals surface area contributed by atoms with Gasteiger partial charge in [0, 0.05) is 17.6 Å².